The first-order valence-electron chi connectivity index (χ1n) is 5.70. The Morgan fingerprint density at radius 1 is 1.00 bits per heavy atom. The number of aryl methyl sites for hydroxylation is 1. The molecule has 0 spiro atoms. The van der Waals surface area contributed by atoms with Gasteiger partial charge in [0.2, 0.25) is 0 Å². The van der Waals surface area contributed by atoms with Crippen LogP contribution in [0.2, 0.25) is 0 Å². The lowest BCUT2D eigenvalue weighted by atomic mass is 10.2. The second-order valence-corrected chi connectivity index (χ2v) is 3.98. The predicted molar refractivity (Wildman–Crippen MR) is 67.8 cm³/mol. The molecule has 92 valence electrons. The molecule has 18 heavy (non-hydrogen) atoms. The van der Waals surface area contributed by atoms with Crippen LogP contribution in [0.4, 0.5) is 0 Å². The van der Waals surface area contributed by atoms with Crippen molar-refractivity contribution in [3.63, 3.8) is 0 Å². The summed E-state index contributed by atoms with van der Waals surface area (Å²) in [5.41, 5.74) is 2.53. The van der Waals surface area contributed by atoms with E-state index >= 15 is 0 Å². The van der Waals surface area contributed by atoms with Crippen molar-refractivity contribution in [1.29, 1.82) is 0 Å². The standard InChI is InChI=1S/C15H14O3/c1-12-7-9-14(10-8-12)15(16)18-17-11-13-5-3-2-4-6-13/h2-10H,11H2,1H3. The lowest BCUT2D eigenvalue weighted by Crippen LogP contribution is -2.06. The van der Waals surface area contributed by atoms with Gasteiger partial charge in [-0.15, -0.1) is 0 Å². The van der Waals surface area contributed by atoms with E-state index < -0.39 is 5.97 Å². The average Bonchev–Trinajstić information content (AvgIpc) is 2.40. The molecule has 0 unspecified atom stereocenters. The number of hydrogen-bond donors (Lipinski definition) is 0. The minimum atomic E-state index is -0.481. The molecule has 0 N–H and O–H groups in total. The van der Waals surface area contributed by atoms with E-state index in [1.165, 1.54) is 0 Å². The zero-order chi connectivity index (χ0) is 12.8. The molecule has 0 heterocycles. The van der Waals surface area contributed by atoms with Gasteiger partial charge in [0.05, 0.1) is 5.56 Å². The van der Waals surface area contributed by atoms with Gasteiger partial charge in [-0.3, -0.25) is 4.89 Å². The van der Waals surface area contributed by atoms with Gasteiger partial charge in [0.15, 0.2) is 0 Å². The monoisotopic (exact) mass is 242 g/mol. The van der Waals surface area contributed by atoms with Crippen molar-refractivity contribution >= 4 is 5.97 Å². The van der Waals surface area contributed by atoms with E-state index in [9.17, 15) is 4.79 Å². The zero-order valence-corrected chi connectivity index (χ0v) is 10.1. The number of carbonyl (C=O) groups excluding carboxylic acids is 1. The normalized spacial score (nSPS) is 10.1. The lowest BCUT2D eigenvalue weighted by molar-refractivity contribution is -0.250. The Kier molecular flexibility index (Phi) is 4.10. The molecule has 3 nitrogen and oxygen atoms in total. The summed E-state index contributed by atoms with van der Waals surface area (Å²) in [6.45, 7) is 2.21. The molecule has 3 heteroatoms. The molecule has 0 aliphatic rings. The van der Waals surface area contributed by atoms with Crippen molar-refractivity contribution < 1.29 is 14.6 Å². The number of carbonyl (C=O) groups is 1. The SMILES string of the molecule is Cc1ccc(C(=O)OOCc2ccccc2)cc1. The second kappa shape index (κ2) is 5.98. The summed E-state index contributed by atoms with van der Waals surface area (Å²) in [7, 11) is 0. The average molecular weight is 242 g/mol. The van der Waals surface area contributed by atoms with Crippen molar-refractivity contribution in [2.75, 3.05) is 0 Å². The highest BCUT2D eigenvalue weighted by molar-refractivity contribution is 5.88. The first-order valence-corrected chi connectivity index (χ1v) is 5.70. The molecule has 0 fully saturated rings. The maximum absolute atomic E-state index is 11.6. The molecular formula is C15H14O3. The summed E-state index contributed by atoms with van der Waals surface area (Å²) >= 11 is 0. The van der Waals surface area contributed by atoms with Crippen molar-refractivity contribution in [1.82, 2.24) is 0 Å². The van der Waals surface area contributed by atoms with Crippen LogP contribution < -0.4 is 0 Å². The molecule has 0 amide bonds. The van der Waals surface area contributed by atoms with Crippen molar-refractivity contribution in [2.24, 2.45) is 0 Å². The molecule has 0 saturated carbocycles. The second-order valence-electron chi connectivity index (χ2n) is 3.98. The van der Waals surface area contributed by atoms with Crippen LogP contribution >= 0.6 is 0 Å². The van der Waals surface area contributed by atoms with Crippen LogP contribution in [-0.2, 0) is 16.4 Å². The third-order valence-electron chi connectivity index (χ3n) is 2.49. The van der Waals surface area contributed by atoms with Gasteiger partial charge in [0.25, 0.3) is 0 Å². The third-order valence-corrected chi connectivity index (χ3v) is 2.49. The number of rotatable bonds is 4. The minimum absolute atomic E-state index is 0.248. The smallest absolute Gasteiger partial charge is 0.292 e. The summed E-state index contributed by atoms with van der Waals surface area (Å²) < 4.78 is 0. The summed E-state index contributed by atoms with van der Waals surface area (Å²) in [5, 5.41) is 0. The molecule has 0 bridgehead atoms. The van der Waals surface area contributed by atoms with Gasteiger partial charge in [0, 0.05) is 0 Å². The molecule has 0 aromatic heterocycles. The van der Waals surface area contributed by atoms with Crippen molar-refractivity contribution in [2.45, 2.75) is 13.5 Å². The Bertz CT molecular complexity index is 503. The van der Waals surface area contributed by atoms with Crippen LogP contribution in [0.15, 0.2) is 54.6 Å². The number of benzene rings is 2. The fraction of sp³-hybridized carbons (Fsp3) is 0.133. The first kappa shape index (κ1) is 12.3. The van der Waals surface area contributed by atoms with Gasteiger partial charge < -0.3 is 0 Å². The molecule has 0 aliphatic carbocycles. The van der Waals surface area contributed by atoms with Gasteiger partial charge in [-0.25, -0.2) is 4.79 Å². The fourth-order valence-electron chi connectivity index (χ4n) is 1.46. The zero-order valence-electron chi connectivity index (χ0n) is 10.1. The largest absolute Gasteiger partial charge is 0.373 e. The van der Waals surface area contributed by atoms with Gasteiger partial charge >= 0.3 is 5.97 Å². The molecule has 0 saturated heterocycles. The Morgan fingerprint density at radius 3 is 2.33 bits per heavy atom. The van der Waals surface area contributed by atoms with E-state index in [0.29, 0.717) is 5.56 Å². The molecule has 2 rings (SSSR count). The summed E-state index contributed by atoms with van der Waals surface area (Å²) in [6.07, 6.45) is 0. The minimum Gasteiger partial charge on any atom is -0.292 e. The van der Waals surface area contributed by atoms with Crippen LogP contribution in [0.25, 0.3) is 0 Å². The summed E-state index contributed by atoms with van der Waals surface area (Å²) in [6, 6.07) is 16.7. The Balaban J connectivity index is 1.84. The van der Waals surface area contributed by atoms with E-state index in [1.54, 1.807) is 12.1 Å². The van der Waals surface area contributed by atoms with E-state index in [-0.39, 0.29) is 6.61 Å². The topological polar surface area (TPSA) is 35.5 Å². The molecular weight excluding hydrogens is 228 g/mol. The highest BCUT2D eigenvalue weighted by Gasteiger charge is 2.07. The van der Waals surface area contributed by atoms with E-state index in [1.807, 2.05) is 49.4 Å². The molecule has 0 radical (unpaired) electrons. The van der Waals surface area contributed by atoms with Crippen LogP contribution in [-0.4, -0.2) is 5.97 Å². The Labute approximate surface area is 106 Å². The Hall–Kier alpha value is -2.13. The van der Waals surface area contributed by atoms with Gasteiger partial charge in [-0.2, -0.15) is 4.89 Å². The van der Waals surface area contributed by atoms with Crippen molar-refractivity contribution in [3.05, 3.63) is 71.3 Å². The molecule has 0 atom stereocenters. The van der Waals surface area contributed by atoms with Crippen LogP contribution in [0.5, 0.6) is 0 Å². The third kappa shape index (κ3) is 3.43. The van der Waals surface area contributed by atoms with E-state index in [4.69, 9.17) is 9.78 Å². The molecule has 2 aromatic carbocycles. The lowest BCUT2D eigenvalue weighted by Gasteiger charge is -2.04. The predicted octanol–water partition coefficient (Wildman–Crippen LogP) is 3.28. The maximum atomic E-state index is 11.6. The van der Waals surface area contributed by atoms with E-state index in [2.05, 4.69) is 0 Å². The fourth-order valence-corrected chi connectivity index (χ4v) is 1.46. The van der Waals surface area contributed by atoms with Crippen LogP contribution in [0.3, 0.4) is 0 Å². The number of hydrogen-bond acceptors (Lipinski definition) is 3. The highest BCUT2D eigenvalue weighted by Crippen LogP contribution is 2.06. The Morgan fingerprint density at radius 2 is 1.67 bits per heavy atom. The van der Waals surface area contributed by atoms with Crippen LogP contribution in [0.1, 0.15) is 21.5 Å². The quantitative estimate of drug-likeness (QED) is 0.609. The highest BCUT2D eigenvalue weighted by atomic mass is 17.2. The summed E-state index contributed by atoms with van der Waals surface area (Å²) in [5.74, 6) is -0.481. The van der Waals surface area contributed by atoms with E-state index in [0.717, 1.165) is 11.1 Å². The maximum Gasteiger partial charge on any atom is 0.373 e. The molecule has 0 aliphatic heterocycles. The van der Waals surface area contributed by atoms with Gasteiger partial charge in [-0.1, -0.05) is 48.0 Å². The van der Waals surface area contributed by atoms with Crippen LogP contribution in [0, 0.1) is 6.92 Å². The molecule has 2 aromatic rings. The summed E-state index contributed by atoms with van der Waals surface area (Å²) in [4.78, 5) is 21.2. The van der Waals surface area contributed by atoms with Gasteiger partial charge in [-0.05, 0) is 24.6 Å². The first-order chi connectivity index (χ1) is 8.75. The van der Waals surface area contributed by atoms with Crippen molar-refractivity contribution in [3.8, 4) is 0 Å². The van der Waals surface area contributed by atoms with Gasteiger partial charge in [0.1, 0.15) is 6.61 Å².